The fourth-order valence-corrected chi connectivity index (χ4v) is 2.81. The van der Waals surface area contributed by atoms with Gasteiger partial charge in [-0.1, -0.05) is 35.9 Å². The smallest absolute Gasteiger partial charge is 0.194 e. The molecule has 0 aliphatic carbocycles. The first kappa shape index (κ1) is 21.8. The third-order valence-electron chi connectivity index (χ3n) is 3.86. The first-order valence-electron chi connectivity index (χ1n) is 8.03. The molecule has 25 heavy (non-hydrogen) atoms. The van der Waals surface area contributed by atoms with E-state index in [0.717, 1.165) is 34.3 Å². The molecule has 5 nitrogen and oxygen atoms in total. The van der Waals surface area contributed by atoms with Crippen molar-refractivity contribution in [1.82, 2.24) is 14.8 Å². The monoisotopic (exact) mass is 476 g/mol. The second kappa shape index (κ2) is 10.7. The number of halogens is 2. The van der Waals surface area contributed by atoms with Crippen LogP contribution in [-0.2, 0) is 26.7 Å². The van der Waals surface area contributed by atoms with E-state index in [9.17, 15) is 5.11 Å². The van der Waals surface area contributed by atoms with Crippen molar-refractivity contribution in [3.05, 3.63) is 58.4 Å². The maximum Gasteiger partial charge on any atom is 0.194 e. The molecule has 0 saturated carbocycles. The summed E-state index contributed by atoms with van der Waals surface area (Å²) in [5.74, 6) is 0.822. The summed E-state index contributed by atoms with van der Waals surface area (Å²) in [5.41, 5.74) is 3.06. The number of aliphatic hydroxyl groups excluding tert-OH is 1. The largest absolute Gasteiger partial charge is 0.392 e. The SMILES string of the molecule is CCNC(=NCc1ccccc1CO)N(C)Cc1cc(Cl)cn1C.I. The zero-order valence-electron chi connectivity index (χ0n) is 14.9. The molecule has 0 radical (unpaired) electrons. The van der Waals surface area contributed by atoms with Gasteiger partial charge in [0.25, 0.3) is 0 Å². The molecule has 138 valence electrons. The Hall–Kier alpha value is -1.25. The predicted molar refractivity (Wildman–Crippen MR) is 114 cm³/mol. The van der Waals surface area contributed by atoms with Gasteiger partial charge >= 0.3 is 0 Å². The van der Waals surface area contributed by atoms with E-state index in [1.165, 1.54) is 0 Å². The van der Waals surface area contributed by atoms with Crippen LogP contribution in [0, 0.1) is 0 Å². The van der Waals surface area contributed by atoms with Crippen molar-refractivity contribution in [2.75, 3.05) is 13.6 Å². The van der Waals surface area contributed by atoms with Crippen LogP contribution in [0.2, 0.25) is 5.02 Å². The first-order valence-corrected chi connectivity index (χ1v) is 8.40. The Labute approximate surface area is 171 Å². The van der Waals surface area contributed by atoms with Gasteiger partial charge in [-0.3, -0.25) is 0 Å². The molecule has 2 N–H and O–H groups in total. The van der Waals surface area contributed by atoms with Gasteiger partial charge in [0.2, 0.25) is 0 Å². The molecule has 0 fully saturated rings. The van der Waals surface area contributed by atoms with Crippen molar-refractivity contribution in [3.63, 3.8) is 0 Å². The number of benzene rings is 1. The number of aliphatic imine (C=N–C) groups is 1. The Morgan fingerprint density at radius 1 is 1.32 bits per heavy atom. The average Bonchev–Trinajstić information content (AvgIpc) is 2.88. The van der Waals surface area contributed by atoms with Gasteiger partial charge in [-0.2, -0.15) is 0 Å². The standard InChI is InChI=1S/C18H25ClN4O.HI/c1-4-20-18(21-10-14-7-5-6-8-15(14)13-24)23(3)12-17-9-16(19)11-22(17)2;/h5-9,11,24H,4,10,12-13H2,1-3H3,(H,20,21);1H. The highest BCUT2D eigenvalue weighted by molar-refractivity contribution is 14.0. The summed E-state index contributed by atoms with van der Waals surface area (Å²) < 4.78 is 2.02. The van der Waals surface area contributed by atoms with Crippen LogP contribution in [0.25, 0.3) is 0 Å². The molecule has 2 rings (SSSR count). The Morgan fingerprint density at radius 2 is 2.00 bits per heavy atom. The fourth-order valence-electron chi connectivity index (χ4n) is 2.54. The normalized spacial score (nSPS) is 11.2. The highest BCUT2D eigenvalue weighted by Gasteiger charge is 2.10. The number of aryl methyl sites for hydroxylation is 1. The molecule has 2 aromatic rings. The minimum atomic E-state index is 0. The van der Waals surface area contributed by atoms with Crippen molar-refractivity contribution in [3.8, 4) is 0 Å². The van der Waals surface area contributed by atoms with Crippen molar-refractivity contribution in [1.29, 1.82) is 0 Å². The molecule has 7 heteroatoms. The number of aliphatic hydroxyl groups is 1. The van der Waals surface area contributed by atoms with Crippen LogP contribution in [0.5, 0.6) is 0 Å². The summed E-state index contributed by atoms with van der Waals surface area (Å²) in [6, 6.07) is 9.77. The van der Waals surface area contributed by atoms with Crippen molar-refractivity contribution in [2.45, 2.75) is 26.6 Å². The summed E-state index contributed by atoms with van der Waals surface area (Å²) in [6.45, 7) is 4.09. The second-order valence-electron chi connectivity index (χ2n) is 5.71. The zero-order valence-corrected chi connectivity index (χ0v) is 18.0. The quantitative estimate of drug-likeness (QED) is 0.382. The molecule has 1 aromatic carbocycles. The lowest BCUT2D eigenvalue weighted by Gasteiger charge is -2.22. The van der Waals surface area contributed by atoms with Crippen LogP contribution >= 0.6 is 35.6 Å². The van der Waals surface area contributed by atoms with E-state index in [1.807, 2.05) is 62.1 Å². The number of rotatable bonds is 6. The van der Waals surface area contributed by atoms with Crippen molar-refractivity contribution < 1.29 is 5.11 Å². The molecular formula is C18H26ClIN4O. The first-order chi connectivity index (χ1) is 11.5. The minimum Gasteiger partial charge on any atom is -0.392 e. The van der Waals surface area contributed by atoms with Gasteiger partial charge in [0.1, 0.15) is 0 Å². The van der Waals surface area contributed by atoms with E-state index >= 15 is 0 Å². The van der Waals surface area contributed by atoms with E-state index in [1.54, 1.807) is 0 Å². The lowest BCUT2D eigenvalue weighted by Crippen LogP contribution is -2.38. The number of nitrogens with one attached hydrogen (secondary N) is 1. The summed E-state index contributed by atoms with van der Waals surface area (Å²) in [6.07, 6.45) is 1.90. The lowest BCUT2D eigenvalue weighted by atomic mass is 10.1. The van der Waals surface area contributed by atoms with Crippen LogP contribution < -0.4 is 5.32 Å². The van der Waals surface area contributed by atoms with Crippen molar-refractivity contribution >= 4 is 41.5 Å². The van der Waals surface area contributed by atoms with E-state index in [4.69, 9.17) is 16.6 Å². The van der Waals surface area contributed by atoms with Gasteiger partial charge in [-0.15, -0.1) is 24.0 Å². The van der Waals surface area contributed by atoms with Gasteiger partial charge in [0, 0.05) is 32.5 Å². The van der Waals surface area contributed by atoms with Crippen LogP contribution in [0.3, 0.4) is 0 Å². The summed E-state index contributed by atoms with van der Waals surface area (Å²) in [5, 5.41) is 13.5. The number of hydrogen-bond donors (Lipinski definition) is 2. The Bertz CT molecular complexity index is 702. The predicted octanol–water partition coefficient (Wildman–Crippen LogP) is 3.39. The fraction of sp³-hybridized carbons (Fsp3) is 0.389. The summed E-state index contributed by atoms with van der Waals surface area (Å²) >= 11 is 6.06. The van der Waals surface area contributed by atoms with Crippen LogP contribution in [0.4, 0.5) is 0 Å². The Morgan fingerprint density at radius 3 is 2.56 bits per heavy atom. The highest BCUT2D eigenvalue weighted by Crippen LogP contribution is 2.15. The molecule has 0 amide bonds. The van der Waals surface area contributed by atoms with E-state index in [0.29, 0.717) is 13.1 Å². The molecular weight excluding hydrogens is 451 g/mol. The summed E-state index contributed by atoms with van der Waals surface area (Å²) in [7, 11) is 3.98. The third kappa shape index (κ3) is 6.20. The van der Waals surface area contributed by atoms with Crippen molar-refractivity contribution in [2.24, 2.45) is 12.0 Å². The summed E-state index contributed by atoms with van der Waals surface area (Å²) in [4.78, 5) is 6.77. The average molecular weight is 477 g/mol. The number of nitrogens with zero attached hydrogens (tertiary/aromatic N) is 3. The molecule has 0 aliphatic heterocycles. The van der Waals surface area contributed by atoms with E-state index in [2.05, 4.69) is 10.2 Å². The van der Waals surface area contributed by atoms with Crippen LogP contribution in [-0.4, -0.2) is 34.1 Å². The molecule has 0 bridgehead atoms. The molecule has 0 atom stereocenters. The van der Waals surface area contributed by atoms with Gasteiger partial charge < -0.3 is 19.9 Å². The van der Waals surface area contributed by atoms with E-state index in [-0.39, 0.29) is 30.6 Å². The van der Waals surface area contributed by atoms with Crippen LogP contribution in [0.15, 0.2) is 41.5 Å². The molecule has 1 aromatic heterocycles. The maximum atomic E-state index is 9.43. The number of hydrogen-bond acceptors (Lipinski definition) is 2. The molecule has 0 spiro atoms. The Balaban J connectivity index is 0.00000312. The van der Waals surface area contributed by atoms with Gasteiger partial charge in [0.15, 0.2) is 5.96 Å². The zero-order chi connectivity index (χ0) is 17.5. The molecule has 0 aliphatic rings. The topological polar surface area (TPSA) is 52.8 Å². The van der Waals surface area contributed by atoms with Gasteiger partial charge in [0.05, 0.1) is 24.7 Å². The number of aromatic nitrogens is 1. The Kier molecular flexibility index (Phi) is 9.31. The lowest BCUT2D eigenvalue weighted by molar-refractivity contribution is 0.280. The molecule has 0 saturated heterocycles. The van der Waals surface area contributed by atoms with Gasteiger partial charge in [-0.25, -0.2) is 4.99 Å². The van der Waals surface area contributed by atoms with Gasteiger partial charge in [-0.05, 0) is 24.1 Å². The van der Waals surface area contributed by atoms with E-state index < -0.39 is 0 Å². The second-order valence-corrected chi connectivity index (χ2v) is 6.15. The maximum absolute atomic E-state index is 9.43. The minimum absolute atomic E-state index is 0. The third-order valence-corrected chi connectivity index (χ3v) is 4.06. The number of guanidine groups is 1. The van der Waals surface area contributed by atoms with Crippen LogP contribution in [0.1, 0.15) is 23.7 Å². The molecule has 0 unspecified atom stereocenters. The highest BCUT2D eigenvalue weighted by atomic mass is 127. The molecule has 1 heterocycles.